The molecule has 2 aliphatic rings. The average Bonchev–Trinajstić information content (AvgIpc) is 2.70. The lowest BCUT2D eigenvalue weighted by Gasteiger charge is -2.27. The number of benzene rings is 1. The fourth-order valence-electron chi connectivity index (χ4n) is 3.29. The molecule has 2 heterocycles. The second-order valence-electron chi connectivity index (χ2n) is 6.46. The molecule has 1 aromatic carbocycles. The maximum absolute atomic E-state index is 12.8. The van der Waals surface area contributed by atoms with Crippen LogP contribution in [0, 0.1) is 5.92 Å². The van der Waals surface area contributed by atoms with Crippen LogP contribution in [0.15, 0.2) is 18.2 Å². The van der Waals surface area contributed by atoms with E-state index in [-0.39, 0.29) is 17.7 Å². The van der Waals surface area contributed by atoms with Gasteiger partial charge in [0.15, 0.2) is 0 Å². The Balaban J connectivity index is 1.83. The second kappa shape index (κ2) is 6.43. The van der Waals surface area contributed by atoms with Crippen LogP contribution in [-0.4, -0.2) is 52.6 Å². The number of rotatable bonds is 1. The van der Waals surface area contributed by atoms with Crippen molar-refractivity contribution < 1.29 is 13.8 Å². The van der Waals surface area contributed by atoms with Crippen LogP contribution in [0.2, 0.25) is 0 Å². The van der Waals surface area contributed by atoms with Gasteiger partial charge >= 0.3 is 0 Å². The minimum atomic E-state index is -0.830. The van der Waals surface area contributed by atoms with E-state index >= 15 is 0 Å². The van der Waals surface area contributed by atoms with Gasteiger partial charge in [-0.2, -0.15) is 0 Å². The first-order valence-electron chi connectivity index (χ1n) is 7.99. The van der Waals surface area contributed by atoms with E-state index in [1.54, 1.807) is 18.0 Å². The van der Waals surface area contributed by atoms with Gasteiger partial charge in [0.25, 0.3) is 5.91 Å². The van der Waals surface area contributed by atoms with Gasteiger partial charge in [-0.05, 0) is 36.1 Å². The first-order chi connectivity index (χ1) is 11.0. The predicted octanol–water partition coefficient (Wildman–Crippen LogP) is 1.44. The molecule has 0 aromatic heterocycles. The molecule has 5 nitrogen and oxygen atoms in total. The highest BCUT2D eigenvalue weighted by molar-refractivity contribution is 7.85. The Labute approximate surface area is 139 Å². The van der Waals surface area contributed by atoms with Gasteiger partial charge in [0, 0.05) is 60.1 Å². The third-order valence-corrected chi connectivity index (χ3v) is 6.13. The van der Waals surface area contributed by atoms with E-state index in [0.29, 0.717) is 43.0 Å². The molecule has 3 rings (SSSR count). The number of fused-ring (bicyclic) bond motifs is 1. The van der Waals surface area contributed by atoms with Crippen molar-refractivity contribution in [3.8, 4) is 0 Å². The minimum Gasteiger partial charge on any atom is -0.337 e. The molecule has 0 spiro atoms. The zero-order valence-electron chi connectivity index (χ0n) is 13.6. The molecule has 0 aliphatic carbocycles. The van der Waals surface area contributed by atoms with Crippen molar-refractivity contribution in [2.75, 3.05) is 36.5 Å². The first kappa shape index (κ1) is 16.2. The van der Waals surface area contributed by atoms with Crippen LogP contribution >= 0.6 is 0 Å². The van der Waals surface area contributed by atoms with E-state index in [4.69, 9.17) is 0 Å². The fourth-order valence-corrected chi connectivity index (χ4v) is 4.62. The number of carbonyl (C=O) groups excluding carboxylic acids is 2. The number of anilines is 1. The Morgan fingerprint density at radius 2 is 2.09 bits per heavy atom. The molecule has 0 saturated carbocycles. The van der Waals surface area contributed by atoms with Crippen LogP contribution < -0.4 is 4.90 Å². The highest BCUT2D eigenvalue weighted by atomic mass is 32.2. The molecule has 2 unspecified atom stereocenters. The summed E-state index contributed by atoms with van der Waals surface area (Å²) in [5, 5.41) is 0. The van der Waals surface area contributed by atoms with E-state index in [2.05, 4.69) is 0 Å². The summed E-state index contributed by atoms with van der Waals surface area (Å²) in [6.07, 6.45) is 1.17. The van der Waals surface area contributed by atoms with E-state index in [1.165, 1.54) is 0 Å². The molecule has 1 fully saturated rings. The summed E-state index contributed by atoms with van der Waals surface area (Å²) in [7, 11) is 0.941. The molecule has 124 valence electrons. The van der Waals surface area contributed by atoms with Crippen molar-refractivity contribution in [1.82, 2.24) is 4.90 Å². The summed E-state index contributed by atoms with van der Waals surface area (Å²) in [5.74, 6) is 1.58. The standard InChI is InChI=1S/C17H22N2O3S/c1-12-10-19(7-8-23(22)11-12)17(21)14-3-5-15-13(9-14)4-6-16(20)18(15)2/h3,5,9,12H,4,6-8,10-11H2,1-2H3. The lowest BCUT2D eigenvalue weighted by Crippen LogP contribution is -2.36. The summed E-state index contributed by atoms with van der Waals surface area (Å²) in [6, 6.07) is 5.56. The summed E-state index contributed by atoms with van der Waals surface area (Å²) in [6.45, 7) is 3.24. The summed E-state index contributed by atoms with van der Waals surface area (Å²) >= 11 is 0. The van der Waals surface area contributed by atoms with Crippen LogP contribution in [0.25, 0.3) is 0 Å². The van der Waals surface area contributed by atoms with E-state index in [9.17, 15) is 13.8 Å². The minimum absolute atomic E-state index is 0.00176. The summed E-state index contributed by atoms with van der Waals surface area (Å²) in [4.78, 5) is 28.0. The molecule has 2 amide bonds. The Kier molecular flexibility index (Phi) is 4.53. The number of nitrogens with zero attached hydrogens (tertiary/aromatic N) is 2. The largest absolute Gasteiger partial charge is 0.337 e. The predicted molar refractivity (Wildman–Crippen MR) is 91.1 cm³/mol. The van der Waals surface area contributed by atoms with Gasteiger partial charge in [-0.3, -0.25) is 13.8 Å². The van der Waals surface area contributed by atoms with E-state index in [0.717, 1.165) is 11.3 Å². The maximum atomic E-state index is 12.8. The highest BCUT2D eigenvalue weighted by Gasteiger charge is 2.26. The zero-order valence-corrected chi connectivity index (χ0v) is 14.4. The molecule has 23 heavy (non-hydrogen) atoms. The summed E-state index contributed by atoms with van der Waals surface area (Å²) < 4.78 is 11.8. The topological polar surface area (TPSA) is 57.7 Å². The number of carbonyl (C=O) groups is 2. The molecule has 2 aliphatic heterocycles. The Morgan fingerprint density at radius 3 is 2.87 bits per heavy atom. The molecular formula is C17H22N2O3S. The Hall–Kier alpha value is -1.69. The van der Waals surface area contributed by atoms with E-state index < -0.39 is 10.8 Å². The van der Waals surface area contributed by atoms with Crippen molar-refractivity contribution in [3.63, 3.8) is 0 Å². The van der Waals surface area contributed by atoms with Crippen LogP contribution in [0.4, 0.5) is 5.69 Å². The summed E-state index contributed by atoms with van der Waals surface area (Å²) in [5.41, 5.74) is 2.60. The maximum Gasteiger partial charge on any atom is 0.253 e. The van der Waals surface area contributed by atoms with Gasteiger partial charge in [-0.25, -0.2) is 0 Å². The van der Waals surface area contributed by atoms with Gasteiger partial charge in [0.1, 0.15) is 0 Å². The normalized spacial score (nSPS) is 25.0. The monoisotopic (exact) mass is 334 g/mol. The molecule has 0 radical (unpaired) electrons. The van der Waals surface area contributed by atoms with Crippen molar-refractivity contribution >= 4 is 28.3 Å². The highest BCUT2D eigenvalue weighted by Crippen LogP contribution is 2.28. The van der Waals surface area contributed by atoms with Crippen LogP contribution in [0.5, 0.6) is 0 Å². The molecule has 1 aromatic rings. The van der Waals surface area contributed by atoms with Gasteiger partial charge in [0.2, 0.25) is 5.91 Å². The van der Waals surface area contributed by atoms with Gasteiger partial charge < -0.3 is 9.80 Å². The van der Waals surface area contributed by atoms with Gasteiger partial charge in [-0.1, -0.05) is 6.92 Å². The molecular weight excluding hydrogens is 312 g/mol. The zero-order chi connectivity index (χ0) is 16.6. The first-order valence-corrected chi connectivity index (χ1v) is 9.48. The molecule has 1 saturated heterocycles. The lowest BCUT2D eigenvalue weighted by molar-refractivity contribution is -0.118. The molecule has 0 bridgehead atoms. The number of hydrogen-bond donors (Lipinski definition) is 0. The van der Waals surface area contributed by atoms with Crippen LogP contribution in [0.1, 0.15) is 29.3 Å². The van der Waals surface area contributed by atoms with Crippen molar-refractivity contribution in [1.29, 1.82) is 0 Å². The van der Waals surface area contributed by atoms with Crippen molar-refractivity contribution in [2.24, 2.45) is 5.92 Å². The smallest absolute Gasteiger partial charge is 0.253 e. The number of hydrogen-bond acceptors (Lipinski definition) is 3. The van der Waals surface area contributed by atoms with Crippen LogP contribution in [0.3, 0.4) is 0 Å². The third kappa shape index (κ3) is 3.32. The number of aryl methyl sites for hydroxylation is 1. The molecule has 0 N–H and O–H groups in total. The number of amides is 2. The van der Waals surface area contributed by atoms with Gasteiger partial charge in [0.05, 0.1) is 0 Å². The van der Waals surface area contributed by atoms with Crippen LogP contribution in [-0.2, 0) is 22.0 Å². The van der Waals surface area contributed by atoms with E-state index in [1.807, 2.05) is 24.0 Å². The quantitative estimate of drug-likeness (QED) is 0.781. The third-order valence-electron chi connectivity index (χ3n) is 4.55. The SMILES string of the molecule is CC1CN(C(=O)c2ccc3c(c2)CCC(=O)N3C)CCS(=O)C1. The lowest BCUT2D eigenvalue weighted by atomic mass is 9.98. The Morgan fingerprint density at radius 1 is 1.30 bits per heavy atom. The average molecular weight is 334 g/mol. The fraction of sp³-hybridized carbons (Fsp3) is 0.529. The van der Waals surface area contributed by atoms with Crippen molar-refractivity contribution in [3.05, 3.63) is 29.3 Å². The Bertz CT molecular complexity index is 674. The second-order valence-corrected chi connectivity index (χ2v) is 8.08. The molecule has 2 atom stereocenters. The molecule has 6 heteroatoms. The van der Waals surface area contributed by atoms with Crippen molar-refractivity contribution in [2.45, 2.75) is 19.8 Å². The van der Waals surface area contributed by atoms with Gasteiger partial charge in [-0.15, -0.1) is 0 Å².